The molecule has 372 valence electrons. The third-order valence-electron chi connectivity index (χ3n) is 10.7. The second-order valence-electron chi connectivity index (χ2n) is 15.9. The quantitative estimate of drug-likeness (QED) is 0.0798. The van der Waals surface area contributed by atoms with Crippen LogP contribution < -0.4 is 4.74 Å². The Morgan fingerprint density at radius 2 is 1.15 bits per heavy atom. The van der Waals surface area contributed by atoms with E-state index in [4.69, 9.17) is 9.72 Å². The van der Waals surface area contributed by atoms with Crippen molar-refractivity contribution >= 4 is 66.2 Å². The second kappa shape index (κ2) is 23.8. The van der Waals surface area contributed by atoms with E-state index in [-0.39, 0.29) is 11.6 Å². The Balaban J connectivity index is 0.000000198. The molecule has 0 aliphatic carbocycles. The average Bonchev–Trinajstić information content (AvgIpc) is 4.08. The van der Waals surface area contributed by atoms with Gasteiger partial charge in [-0.15, -0.1) is 22.7 Å². The van der Waals surface area contributed by atoms with E-state index in [1.54, 1.807) is 48.7 Å². The monoisotopic (exact) mass is 1140 g/mol. The number of rotatable bonds is 14. The van der Waals surface area contributed by atoms with Gasteiger partial charge in [0.05, 0.1) is 47.8 Å². The van der Waals surface area contributed by atoms with Crippen molar-refractivity contribution < 1.29 is 32.9 Å². The number of aliphatic hydroxyl groups excluding tert-OH is 1. The first-order valence-electron chi connectivity index (χ1n) is 21.8. The van der Waals surface area contributed by atoms with E-state index in [0.29, 0.717) is 38.5 Å². The second-order valence-corrected chi connectivity index (χ2v) is 20.3. The van der Waals surface area contributed by atoms with Crippen molar-refractivity contribution in [3.63, 3.8) is 0 Å². The van der Waals surface area contributed by atoms with Crippen molar-refractivity contribution in [2.24, 2.45) is 14.1 Å². The highest BCUT2D eigenvalue weighted by molar-refractivity contribution is 9.10. The lowest BCUT2D eigenvalue weighted by Crippen LogP contribution is -2.08. The molecule has 0 aliphatic rings. The fourth-order valence-corrected chi connectivity index (χ4v) is 9.91. The third kappa shape index (κ3) is 13.6. The van der Waals surface area contributed by atoms with E-state index in [2.05, 4.69) is 83.0 Å². The Morgan fingerprint density at radius 3 is 1.59 bits per heavy atom. The summed E-state index contributed by atoms with van der Waals surface area (Å²) in [6, 6.07) is 15.6. The topological polar surface area (TPSA) is 203 Å². The minimum absolute atomic E-state index is 0.0104. The van der Waals surface area contributed by atoms with Gasteiger partial charge >= 0.3 is 11.6 Å². The Kier molecular flexibility index (Phi) is 18.1. The van der Waals surface area contributed by atoms with Gasteiger partial charge in [-0.05, 0) is 146 Å². The van der Waals surface area contributed by atoms with E-state index in [9.17, 15) is 38.5 Å². The van der Waals surface area contributed by atoms with Crippen LogP contribution in [0.3, 0.4) is 0 Å². The zero-order valence-corrected chi connectivity index (χ0v) is 44.4. The molecule has 0 saturated heterocycles. The number of halogens is 5. The summed E-state index contributed by atoms with van der Waals surface area (Å²) in [7, 11) is 3.86. The van der Waals surface area contributed by atoms with Crippen LogP contribution in [-0.4, -0.2) is 54.5 Å². The van der Waals surface area contributed by atoms with Crippen molar-refractivity contribution in [3.05, 3.63) is 173 Å². The molecule has 23 heteroatoms. The number of hydrogen-bond donors (Lipinski definition) is 1. The number of nitrogens with zero attached hydrogens (tertiary/aromatic N) is 10. The highest BCUT2D eigenvalue weighted by Gasteiger charge is 2.25. The largest absolute Gasteiger partial charge is 0.478 e. The fourth-order valence-electron chi connectivity index (χ4n) is 7.36. The van der Waals surface area contributed by atoms with Gasteiger partial charge < -0.3 is 30.1 Å². The number of aryl methyl sites for hydroxylation is 6. The van der Waals surface area contributed by atoms with Gasteiger partial charge in [0, 0.05) is 76.9 Å². The molecule has 6 heterocycles. The van der Waals surface area contributed by atoms with E-state index in [1.807, 2.05) is 37.3 Å². The zero-order chi connectivity index (χ0) is 51.8. The van der Waals surface area contributed by atoms with Crippen LogP contribution in [0.5, 0.6) is 5.75 Å². The zero-order valence-electron chi connectivity index (χ0n) is 39.6. The Morgan fingerprint density at radius 1 is 0.704 bits per heavy atom. The first-order valence-corrected chi connectivity index (χ1v) is 25.0. The molecule has 0 unspecified atom stereocenters. The smallest absolute Gasteiger partial charge is 0.406 e. The summed E-state index contributed by atoms with van der Waals surface area (Å²) in [5.74, 6) is -2.91. The summed E-state index contributed by atoms with van der Waals surface area (Å²) in [5.41, 5.74) is 8.38. The molecule has 0 spiro atoms. The maximum atomic E-state index is 14.4. The van der Waals surface area contributed by atoms with Crippen LogP contribution in [0.4, 0.5) is 24.8 Å². The van der Waals surface area contributed by atoms with Gasteiger partial charge in [0.25, 0.3) is 0 Å². The van der Waals surface area contributed by atoms with Crippen LogP contribution in [-0.2, 0) is 39.8 Å². The molecule has 0 aliphatic heterocycles. The lowest BCUT2D eigenvalue weighted by Gasteiger charge is -2.18. The molecule has 71 heavy (non-hydrogen) atoms. The van der Waals surface area contributed by atoms with Gasteiger partial charge in [-0.2, -0.15) is 14.6 Å². The van der Waals surface area contributed by atoms with Gasteiger partial charge in [-0.3, -0.25) is 9.36 Å². The van der Waals surface area contributed by atoms with Crippen LogP contribution in [0.2, 0.25) is 0 Å². The van der Waals surface area contributed by atoms with Crippen molar-refractivity contribution in [1.29, 1.82) is 0 Å². The molecule has 8 aromatic rings. The minimum Gasteiger partial charge on any atom is -0.478 e. The predicted molar refractivity (Wildman–Crippen MR) is 272 cm³/mol. The number of thiazole rings is 2. The Hall–Kier alpha value is -6.27. The summed E-state index contributed by atoms with van der Waals surface area (Å²) >= 11 is 9.39. The van der Waals surface area contributed by atoms with Crippen LogP contribution in [0.15, 0.2) is 82.0 Å². The van der Waals surface area contributed by atoms with Crippen LogP contribution >= 0.6 is 54.5 Å². The molecule has 0 radical (unpaired) electrons. The molecule has 0 bridgehead atoms. The van der Waals surface area contributed by atoms with Crippen molar-refractivity contribution in [2.75, 3.05) is 0 Å². The lowest BCUT2D eigenvalue weighted by atomic mass is 9.98. The fraction of sp³-hybridized carbons (Fsp3) is 0.292. The van der Waals surface area contributed by atoms with Crippen molar-refractivity contribution in [3.8, 4) is 28.3 Å². The van der Waals surface area contributed by atoms with E-state index in [1.165, 1.54) is 42.7 Å². The molecule has 0 saturated carbocycles. The summed E-state index contributed by atoms with van der Waals surface area (Å²) in [4.78, 5) is 38.6. The van der Waals surface area contributed by atoms with E-state index < -0.39 is 45.3 Å². The van der Waals surface area contributed by atoms with Gasteiger partial charge in [0.15, 0.2) is 12.4 Å². The van der Waals surface area contributed by atoms with Gasteiger partial charge in [0.2, 0.25) is 11.6 Å². The normalized spacial score (nSPS) is 11.9. The average molecular weight is 1140 g/mol. The summed E-state index contributed by atoms with van der Waals surface area (Å²) < 4.78 is 51.2. The lowest BCUT2D eigenvalue weighted by molar-refractivity contribution is -0.392. The summed E-state index contributed by atoms with van der Waals surface area (Å²) in [5, 5.41) is 42.4. The molecule has 0 fully saturated rings. The Labute approximate surface area is 431 Å². The summed E-state index contributed by atoms with van der Waals surface area (Å²) in [6.45, 7) is 11.4. The maximum Gasteiger partial charge on any atom is 0.406 e. The number of nitro groups is 2. The standard InChI is InChI=1S/C24H23BrFN5O3S.C19H22FN3OS.C5H2BrFN2O2/c1-5-17-10-18(30(4)29-17)11-22-23(28-14(3)35-22)19-7-6-16(26)9-20(19)13(2)34-21-8-15(25)12-27-24(21)31(32)33;1-5-14-9-15(23(4)22-14)10-18-19(21-12(3)25-18)16-7-6-13(20)8-17(16)11(2)24;6-3-1-4(7)5(8-2-3)9(10)11/h6-10,12-13H,5,11H2,1-4H3;6-9,11,24H,5,10H2,1-4H3;1-2H/t13-;11-;/m11./s1. The number of aromatic nitrogens is 8. The molecule has 8 rings (SSSR count). The molecular weight excluding hydrogens is 1090 g/mol. The highest BCUT2D eigenvalue weighted by Crippen LogP contribution is 2.39. The van der Waals surface area contributed by atoms with Crippen molar-refractivity contribution in [1.82, 2.24) is 39.5 Å². The van der Waals surface area contributed by atoms with Gasteiger partial charge in [-0.1, -0.05) is 13.8 Å². The molecule has 2 aromatic carbocycles. The number of aliphatic hydroxyl groups is 1. The number of ether oxygens (including phenoxy) is 1. The Bertz CT molecular complexity index is 3220. The molecular formula is C48H47Br2F3N10O6S2. The molecule has 0 amide bonds. The predicted octanol–water partition coefficient (Wildman–Crippen LogP) is 12.4. The highest BCUT2D eigenvalue weighted by atomic mass is 79.9. The number of hydrogen-bond acceptors (Lipinski definition) is 14. The molecule has 1 N–H and O–H groups in total. The van der Waals surface area contributed by atoms with Crippen LogP contribution in [0, 0.1) is 51.5 Å². The SMILES string of the molecule is CCc1cc(Cc2sc(C)nc2-c2ccc(F)cc2[C@@H](C)O)n(C)n1.CCc1cc(Cc2sc(C)nc2-c2ccc(F)cc2[C@@H](C)Oc2cc(Br)cnc2[N+](=O)[O-])n(C)n1.O=[N+]([O-])c1ncc(Br)cc1F. The molecule has 2 atom stereocenters. The van der Waals surface area contributed by atoms with Gasteiger partial charge in [-0.25, -0.2) is 18.7 Å². The van der Waals surface area contributed by atoms with E-state index >= 15 is 0 Å². The van der Waals surface area contributed by atoms with Crippen LogP contribution in [0.25, 0.3) is 22.5 Å². The van der Waals surface area contributed by atoms with Crippen LogP contribution in [0.1, 0.15) is 93.6 Å². The first-order chi connectivity index (χ1) is 33.6. The first kappa shape index (κ1) is 54.1. The number of benzene rings is 2. The molecule has 6 aromatic heterocycles. The van der Waals surface area contributed by atoms with Crippen molar-refractivity contribution in [2.45, 2.75) is 79.4 Å². The van der Waals surface area contributed by atoms with Gasteiger partial charge in [0.1, 0.15) is 17.7 Å². The molecule has 16 nitrogen and oxygen atoms in total. The van der Waals surface area contributed by atoms with E-state index in [0.717, 1.165) is 78.4 Å². The number of pyridine rings is 2. The minimum atomic E-state index is -0.940. The maximum absolute atomic E-state index is 14.4. The summed E-state index contributed by atoms with van der Waals surface area (Å²) in [6.07, 6.45) is 4.09. The third-order valence-corrected chi connectivity index (χ3v) is 13.5.